The van der Waals surface area contributed by atoms with E-state index in [1.54, 1.807) is 0 Å². The van der Waals surface area contributed by atoms with Gasteiger partial charge in [-0.25, -0.2) is 0 Å². The van der Waals surface area contributed by atoms with Crippen LogP contribution >= 0.6 is 12.4 Å². The first-order valence-electron chi connectivity index (χ1n) is 0. The van der Waals surface area contributed by atoms with Gasteiger partial charge in [-0.15, -0.1) is 12.4 Å². The molecule has 0 saturated carbocycles. The normalized spacial score (nSPS) is 0. The Balaban J connectivity index is 0. The van der Waals surface area contributed by atoms with Crippen molar-refractivity contribution in [3.8, 4) is 0 Å². The molecular formula is CHClNaO. The quantitative estimate of drug-likeness (QED) is 0.372. The van der Waals surface area contributed by atoms with Crippen molar-refractivity contribution >= 4 is 42.0 Å². The molecule has 0 rings (SSSR count). The van der Waals surface area contributed by atoms with E-state index in [9.17, 15) is 0 Å². The summed E-state index contributed by atoms with van der Waals surface area (Å²) in [6, 6.07) is 0. The molecule has 0 atom stereocenters. The standard InChI is InChI=1S/C.ClH.Na.O/h;1H;;. The predicted octanol–water partition coefficient (Wildman–Crippen LogP) is 0.00349. The van der Waals surface area contributed by atoms with Gasteiger partial charge in [0.2, 0.25) is 0 Å². The van der Waals surface area contributed by atoms with Crippen LogP contribution in [0.1, 0.15) is 0 Å². The molecule has 0 unspecified atom stereocenters. The van der Waals surface area contributed by atoms with Crippen LogP contribution < -0.4 is 0 Å². The van der Waals surface area contributed by atoms with Crippen LogP contribution in [0.5, 0.6) is 0 Å². The van der Waals surface area contributed by atoms with Crippen molar-refractivity contribution in [3.63, 3.8) is 0 Å². The molecule has 0 fully saturated rings. The zero-order valence-electron chi connectivity index (χ0n) is 2.32. The second-order valence-electron chi connectivity index (χ2n) is 0. The van der Waals surface area contributed by atoms with Crippen LogP contribution in [0.4, 0.5) is 0 Å². The molecule has 0 N–H and O–H groups in total. The molecule has 3 heteroatoms. The summed E-state index contributed by atoms with van der Waals surface area (Å²) in [7, 11) is 0. The van der Waals surface area contributed by atoms with Gasteiger partial charge in [-0.1, -0.05) is 0 Å². The summed E-state index contributed by atoms with van der Waals surface area (Å²) in [5.41, 5.74) is 0. The third kappa shape index (κ3) is 10.5. The van der Waals surface area contributed by atoms with Gasteiger partial charge in [-0.2, -0.15) is 0 Å². The summed E-state index contributed by atoms with van der Waals surface area (Å²) in [6.45, 7) is 0. The van der Waals surface area contributed by atoms with Crippen LogP contribution in [0.25, 0.3) is 0 Å². The molecule has 1 nitrogen and oxygen atoms in total. The predicted molar refractivity (Wildman–Crippen MR) is 16.9 cm³/mol. The van der Waals surface area contributed by atoms with Crippen LogP contribution in [0.2, 0.25) is 0 Å². The third-order valence-electron chi connectivity index (χ3n) is 0. The average molecular weight is 87.5 g/mol. The number of hydrogen-bond donors (Lipinski definition) is 0. The SMILES string of the molecule is Cl.[C].[Na].[O]. The summed E-state index contributed by atoms with van der Waals surface area (Å²) in [6.07, 6.45) is 0. The van der Waals surface area contributed by atoms with Gasteiger partial charge in [0, 0.05) is 42.5 Å². The molecule has 0 bridgehead atoms. The van der Waals surface area contributed by atoms with E-state index in [1.807, 2.05) is 0 Å². The summed E-state index contributed by atoms with van der Waals surface area (Å²) in [4.78, 5) is 0. The first-order valence-corrected chi connectivity index (χ1v) is 0. The minimum Gasteiger partial charge on any atom is -0.147 e. The second kappa shape index (κ2) is 28.7. The topological polar surface area (TPSA) is 28.5 Å². The maximum Gasteiger partial charge on any atom is 0 e. The molecule has 0 aliphatic carbocycles. The minimum atomic E-state index is 0. The Kier molecular flexibility index (Phi) is 436. The molecule has 19 valence electrons. The molecule has 0 amide bonds. The van der Waals surface area contributed by atoms with Crippen LogP contribution in [0.3, 0.4) is 0 Å². The van der Waals surface area contributed by atoms with Gasteiger partial charge in [0.1, 0.15) is 0 Å². The zero-order chi connectivity index (χ0) is 0. The first kappa shape index (κ1) is 60.7. The molecule has 4 heavy (non-hydrogen) atoms. The van der Waals surface area contributed by atoms with E-state index < -0.39 is 0 Å². The van der Waals surface area contributed by atoms with Gasteiger partial charge >= 0.3 is 0 Å². The summed E-state index contributed by atoms with van der Waals surface area (Å²) in [5, 5.41) is 0. The van der Waals surface area contributed by atoms with Gasteiger partial charge in [-0.05, 0) is 0 Å². The van der Waals surface area contributed by atoms with Crippen LogP contribution in [-0.2, 0) is 5.48 Å². The molecule has 7 radical (unpaired) electrons. The Morgan fingerprint density at radius 1 is 1.00 bits per heavy atom. The van der Waals surface area contributed by atoms with Crippen molar-refractivity contribution in [2.24, 2.45) is 0 Å². The Morgan fingerprint density at radius 3 is 1.00 bits per heavy atom. The number of hydrogen-bond acceptors (Lipinski definition) is 0. The maximum atomic E-state index is 0. The smallest absolute Gasteiger partial charge is 0 e. The van der Waals surface area contributed by atoms with Crippen LogP contribution in [0, 0.1) is 7.43 Å². The van der Waals surface area contributed by atoms with E-state index >= 15 is 0 Å². The molecule has 0 aliphatic rings. The molecule has 0 saturated heterocycles. The van der Waals surface area contributed by atoms with Crippen molar-refractivity contribution in [3.05, 3.63) is 7.43 Å². The Labute approximate surface area is 54.8 Å². The Hall–Kier alpha value is 1.25. The average Bonchev–Trinajstić information content (AvgIpc) is 0. The van der Waals surface area contributed by atoms with Crippen molar-refractivity contribution in [1.82, 2.24) is 0 Å². The minimum absolute atomic E-state index is 0. The van der Waals surface area contributed by atoms with Gasteiger partial charge in [-0.3, -0.25) is 0 Å². The molecule has 0 heterocycles. The fraction of sp³-hybridized carbons (Fsp3) is 0. The summed E-state index contributed by atoms with van der Waals surface area (Å²) < 4.78 is 0. The van der Waals surface area contributed by atoms with Crippen molar-refractivity contribution in [2.45, 2.75) is 0 Å². The van der Waals surface area contributed by atoms with Gasteiger partial charge in [0.25, 0.3) is 0 Å². The van der Waals surface area contributed by atoms with E-state index in [-0.39, 0.29) is 54.9 Å². The monoisotopic (exact) mass is 87.0 g/mol. The fourth-order valence-electron chi connectivity index (χ4n) is 0. The largest absolute Gasteiger partial charge is 0.147 e. The van der Waals surface area contributed by atoms with E-state index in [2.05, 4.69) is 0 Å². The van der Waals surface area contributed by atoms with Crippen molar-refractivity contribution in [2.75, 3.05) is 0 Å². The van der Waals surface area contributed by atoms with Gasteiger partial charge < -0.3 is 0 Å². The van der Waals surface area contributed by atoms with E-state index in [0.29, 0.717) is 0 Å². The molecular weight excluding hydrogens is 86.5 g/mol. The maximum absolute atomic E-state index is 0. The van der Waals surface area contributed by atoms with Gasteiger partial charge in [0.15, 0.2) is 0 Å². The second-order valence-corrected chi connectivity index (χ2v) is 0. The van der Waals surface area contributed by atoms with E-state index in [0.717, 1.165) is 0 Å². The van der Waals surface area contributed by atoms with E-state index in [4.69, 9.17) is 0 Å². The third-order valence-corrected chi connectivity index (χ3v) is 0. The van der Waals surface area contributed by atoms with Gasteiger partial charge in [0.05, 0.1) is 0 Å². The van der Waals surface area contributed by atoms with Crippen molar-refractivity contribution in [1.29, 1.82) is 0 Å². The van der Waals surface area contributed by atoms with E-state index in [1.165, 1.54) is 0 Å². The molecule has 0 aliphatic heterocycles. The molecule has 0 spiro atoms. The summed E-state index contributed by atoms with van der Waals surface area (Å²) in [5.74, 6) is 0. The summed E-state index contributed by atoms with van der Waals surface area (Å²) >= 11 is 0. The molecule has 0 aromatic heterocycles. The number of halogens is 1. The number of rotatable bonds is 0. The van der Waals surface area contributed by atoms with Crippen LogP contribution in [-0.4, -0.2) is 29.6 Å². The van der Waals surface area contributed by atoms with Crippen molar-refractivity contribution < 1.29 is 5.48 Å². The fourth-order valence-corrected chi connectivity index (χ4v) is 0. The zero-order valence-corrected chi connectivity index (χ0v) is 5.13. The van der Waals surface area contributed by atoms with Crippen LogP contribution in [0.15, 0.2) is 0 Å². The Bertz CT molecular complexity index is 8.00. The molecule has 0 aromatic carbocycles. The first-order chi connectivity index (χ1) is 0. The molecule has 0 aromatic rings. The Morgan fingerprint density at radius 2 is 1.00 bits per heavy atom.